The summed E-state index contributed by atoms with van der Waals surface area (Å²) in [7, 11) is 0. The van der Waals surface area contributed by atoms with E-state index in [1.807, 2.05) is 80.6 Å². The second kappa shape index (κ2) is 11.6. The second-order valence-electron chi connectivity index (χ2n) is 9.69. The first-order valence-corrected chi connectivity index (χ1v) is 13.3. The average Bonchev–Trinajstić information content (AvgIpc) is 3.18. The lowest BCUT2D eigenvalue weighted by Gasteiger charge is -2.23. The molecule has 7 heteroatoms. The molecule has 1 aliphatic rings. The summed E-state index contributed by atoms with van der Waals surface area (Å²) in [5.74, 6) is -1.30. The topological polar surface area (TPSA) is 69.7 Å². The Labute approximate surface area is 238 Å². The van der Waals surface area contributed by atoms with Crippen molar-refractivity contribution in [3.63, 3.8) is 0 Å². The van der Waals surface area contributed by atoms with Crippen molar-refractivity contribution in [1.82, 2.24) is 4.90 Å². The first-order valence-electron chi connectivity index (χ1n) is 12.9. The number of hydrogen-bond acceptors (Lipinski definition) is 4. The van der Waals surface area contributed by atoms with Crippen LogP contribution in [0.2, 0.25) is 0 Å². The quantitative estimate of drug-likeness (QED) is 0.252. The molecule has 0 fully saturated rings. The second-order valence-corrected chi connectivity index (χ2v) is 10.1. The maximum Gasteiger partial charge on any atom is 0.283 e. The van der Waals surface area contributed by atoms with Gasteiger partial charge in [0.1, 0.15) is 10.7 Å². The Balaban J connectivity index is 1.40. The van der Waals surface area contributed by atoms with Crippen molar-refractivity contribution in [3.05, 3.63) is 142 Å². The van der Waals surface area contributed by atoms with Crippen LogP contribution in [0.5, 0.6) is 0 Å². The van der Waals surface area contributed by atoms with E-state index in [1.54, 1.807) is 41.3 Å². The molecule has 3 amide bonds. The van der Waals surface area contributed by atoms with Gasteiger partial charge in [-0.1, -0.05) is 90.5 Å². The van der Waals surface area contributed by atoms with Crippen LogP contribution in [-0.2, 0) is 22.7 Å². The third-order valence-corrected chi connectivity index (χ3v) is 7.29. The van der Waals surface area contributed by atoms with Crippen LogP contribution in [-0.4, -0.2) is 22.6 Å². The lowest BCUT2D eigenvalue weighted by atomic mass is 10.1. The number of amides is 3. The molecule has 0 atom stereocenters. The minimum absolute atomic E-state index is 0.0254. The van der Waals surface area contributed by atoms with E-state index < -0.39 is 11.8 Å². The Bertz CT molecular complexity index is 1580. The summed E-state index contributed by atoms with van der Waals surface area (Å²) in [4.78, 5) is 43.0. The van der Waals surface area contributed by atoms with Gasteiger partial charge >= 0.3 is 0 Å². The van der Waals surface area contributed by atoms with Crippen molar-refractivity contribution in [2.24, 2.45) is 0 Å². The van der Waals surface area contributed by atoms with Crippen LogP contribution in [0.25, 0.3) is 0 Å². The smallest absolute Gasteiger partial charge is 0.283 e. The molecule has 0 saturated carbocycles. The number of nitrogens with one attached hydrogen (secondary N) is 1. The van der Waals surface area contributed by atoms with Gasteiger partial charge in [0.2, 0.25) is 0 Å². The van der Waals surface area contributed by atoms with Crippen LogP contribution in [0, 0.1) is 13.8 Å². The van der Waals surface area contributed by atoms with E-state index in [2.05, 4.69) is 5.32 Å². The Morgan fingerprint density at radius 2 is 1.38 bits per heavy atom. The first-order chi connectivity index (χ1) is 19.3. The maximum absolute atomic E-state index is 13.8. The van der Waals surface area contributed by atoms with E-state index in [9.17, 15) is 14.4 Å². The molecule has 0 saturated heterocycles. The third-order valence-electron chi connectivity index (χ3n) is 6.94. The van der Waals surface area contributed by atoms with Crippen molar-refractivity contribution in [2.45, 2.75) is 26.9 Å². The Kier molecular flexibility index (Phi) is 7.80. The first kappa shape index (κ1) is 26.9. The number of hydrogen-bond donors (Lipinski definition) is 1. The van der Waals surface area contributed by atoms with Crippen molar-refractivity contribution >= 4 is 40.7 Å². The lowest BCUT2D eigenvalue weighted by molar-refractivity contribution is -0.120. The minimum atomic E-state index is -0.591. The summed E-state index contributed by atoms with van der Waals surface area (Å²) in [5, 5.41) is 2.81. The SMILES string of the molecule is Cc1cccc(N2C(=O)C(Cl)=C(Nc3cccc(C(=O)N(Cc4ccccc4)Cc4ccccc4)c3)C2=O)c1C. The van der Waals surface area contributed by atoms with E-state index in [0.717, 1.165) is 27.2 Å². The van der Waals surface area contributed by atoms with Gasteiger partial charge in [-0.05, 0) is 60.4 Å². The summed E-state index contributed by atoms with van der Waals surface area (Å²) in [6.07, 6.45) is 0. The number of halogens is 1. The highest BCUT2D eigenvalue weighted by atomic mass is 35.5. The van der Waals surface area contributed by atoms with Gasteiger partial charge in [-0.15, -0.1) is 0 Å². The summed E-state index contributed by atoms with van der Waals surface area (Å²) in [6.45, 7) is 4.64. The number of aryl methyl sites for hydroxylation is 1. The molecule has 0 radical (unpaired) electrons. The van der Waals surface area contributed by atoms with E-state index in [4.69, 9.17) is 11.6 Å². The Morgan fingerprint density at radius 3 is 2.00 bits per heavy atom. The van der Waals surface area contributed by atoms with Crippen LogP contribution in [0.4, 0.5) is 11.4 Å². The molecule has 0 aliphatic carbocycles. The lowest BCUT2D eigenvalue weighted by Crippen LogP contribution is -2.33. The highest BCUT2D eigenvalue weighted by Gasteiger charge is 2.39. The van der Waals surface area contributed by atoms with Crippen LogP contribution >= 0.6 is 11.6 Å². The van der Waals surface area contributed by atoms with Crippen LogP contribution in [0.3, 0.4) is 0 Å². The number of carbonyl (C=O) groups excluding carboxylic acids is 3. The molecule has 5 rings (SSSR count). The van der Waals surface area contributed by atoms with Gasteiger partial charge in [0, 0.05) is 24.3 Å². The average molecular weight is 550 g/mol. The van der Waals surface area contributed by atoms with E-state index >= 15 is 0 Å². The van der Waals surface area contributed by atoms with Gasteiger partial charge in [0.05, 0.1) is 5.69 Å². The summed E-state index contributed by atoms with van der Waals surface area (Å²) in [5.41, 5.74) is 5.18. The zero-order chi connectivity index (χ0) is 28.2. The molecular weight excluding hydrogens is 522 g/mol. The van der Waals surface area contributed by atoms with Gasteiger partial charge in [-0.3, -0.25) is 14.4 Å². The summed E-state index contributed by atoms with van der Waals surface area (Å²) >= 11 is 6.37. The van der Waals surface area contributed by atoms with Crippen molar-refractivity contribution in [2.75, 3.05) is 10.2 Å². The predicted octanol–water partition coefficient (Wildman–Crippen LogP) is 6.58. The molecule has 1 N–H and O–H groups in total. The van der Waals surface area contributed by atoms with Crippen molar-refractivity contribution in [3.8, 4) is 0 Å². The minimum Gasteiger partial charge on any atom is -0.350 e. The normalized spacial score (nSPS) is 13.1. The molecule has 0 aromatic heterocycles. The zero-order valence-corrected chi connectivity index (χ0v) is 23.0. The van der Waals surface area contributed by atoms with Gasteiger partial charge in [-0.25, -0.2) is 4.90 Å². The van der Waals surface area contributed by atoms with E-state index in [1.165, 1.54) is 0 Å². The van der Waals surface area contributed by atoms with Crippen molar-refractivity contribution < 1.29 is 14.4 Å². The van der Waals surface area contributed by atoms with Gasteiger partial charge < -0.3 is 10.2 Å². The standard InChI is InChI=1S/C33H28ClN3O3/c1-22-11-9-18-28(23(22)2)37-32(39)29(34)30(33(37)40)35-27-17-10-16-26(19-27)31(38)36(20-24-12-5-3-6-13-24)21-25-14-7-4-8-15-25/h3-19,35H,20-21H2,1-2H3. The van der Waals surface area contributed by atoms with Crippen LogP contribution in [0.15, 0.2) is 114 Å². The van der Waals surface area contributed by atoms with Crippen LogP contribution < -0.4 is 10.2 Å². The van der Waals surface area contributed by atoms with Gasteiger partial charge in [0.25, 0.3) is 17.7 Å². The van der Waals surface area contributed by atoms with Gasteiger partial charge in [-0.2, -0.15) is 0 Å². The largest absolute Gasteiger partial charge is 0.350 e. The zero-order valence-electron chi connectivity index (χ0n) is 22.2. The molecular formula is C33H28ClN3O3. The fourth-order valence-electron chi connectivity index (χ4n) is 4.67. The highest BCUT2D eigenvalue weighted by molar-refractivity contribution is 6.53. The van der Waals surface area contributed by atoms with Crippen molar-refractivity contribution in [1.29, 1.82) is 0 Å². The monoisotopic (exact) mass is 549 g/mol. The van der Waals surface area contributed by atoms with Gasteiger partial charge in [0.15, 0.2) is 0 Å². The van der Waals surface area contributed by atoms with E-state index in [0.29, 0.717) is 30.0 Å². The predicted molar refractivity (Wildman–Crippen MR) is 158 cm³/mol. The number of carbonyl (C=O) groups is 3. The molecule has 0 bridgehead atoms. The Morgan fingerprint density at radius 1 is 0.775 bits per heavy atom. The maximum atomic E-state index is 13.8. The van der Waals surface area contributed by atoms with Crippen LogP contribution in [0.1, 0.15) is 32.6 Å². The molecule has 6 nitrogen and oxygen atoms in total. The number of benzene rings is 4. The van der Waals surface area contributed by atoms with E-state index in [-0.39, 0.29) is 16.6 Å². The molecule has 4 aromatic rings. The number of nitrogens with zero attached hydrogens (tertiary/aromatic N) is 2. The fourth-order valence-corrected chi connectivity index (χ4v) is 4.88. The molecule has 200 valence electrons. The Hall–Kier alpha value is -4.68. The summed E-state index contributed by atoms with van der Waals surface area (Å²) in [6, 6.07) is 31.9. The molecule has 0 spiro atoms. The molecule has 1 aliphatic heterocycles. The third kappa shape index (κ3) is 5.53. The molecule has 40 heavy (non-hydrogen) atoms. The molecule has 4 aromatic carbocycles. The summed E-state index contributed by atoms with van der Waals surface area (Å²) < 4.78 is 0. The number of anilines is 2. The number of rotatable bonds is 8. The number of imide groups is 1. The molecule has 0 unspecified atom stereocenters. The molecule has 1 heterocycles. The fraction of sp³-hybridized carbons (Fsp3) is 0.121. The highest BCUT2D eigenvalue weighted by Crippen LogP contribution is 2.33.